The smallest absolute Gasteiger partial charge is 0.352 e. The van der Waals surface area contributed by atoms with Gasteiger partial charge in [-0.2, -0.15) is 19.7 Å². The van der Waals surface area contributed by atoms with Crippen LogP contribution < -0.4 is 14.8 Å². The van der Waals surface area contributed by atoms with E-state index in [1.54, 1.807) is 50.2 Å². The monoisotopic (exact) mass is 408 g/mol. The van der Waals surface area contributed by atoms with E-state index in [-0.39, 0.29) is 30.2 Å². The molecule has 2 heterocycles. The van der Waals surface area contributed by atoms with Crippen molar-refractivity contribution in [3.8, 4) is 0 Å². The zero-order chi connectivity index (χ0) is 21.4. The number of ether oxygens (including phenoxy) is 1. The van der Waals surface area contributed by atoms with Crippen LogP contribution in [0.15, 0.2) is 36.4 Å². The summed E-state index contributed by atoms with van der Waals surface area (Å²) >= 11 is 0. The Bertz CT molecular complexity index is 1280. The molecule has 10 nitrogen and oxygen atoms in total. The Morgan fingerprint density at radius 1 is 1.07 bits per heavy atom. The Balaban J connectivity index is 1.70. The summed E-state index contributed by atoms with van der Waals surface area (Å²) in [6.45, 7) is 5.36. The molecular weight excluding hydrogens is 388 g/mol. The van der Waals surface area contributed by atoms with Gasteiger partial charge in [0.2, 0.25) is 5.52 Å². The fourth-order valence-electron chi connectivity index (χ4n) is 3.22. The van der Waals surface area contributed by atoms with Gasteiger partial charge in [0.15, 0.2) is 6.54 Å². The highest BCUT2D eigenvalue weighted by atomic mass is 16.5. The maximum Gasteiger partial charge on any atom is 0.352 e. The molecule has 154 valence electrons. The quantitative estimate of drug-likeness (QED) is 0.303. The van der Waals surface area contributed by atoms with Crippen molar-refractivity contribution in [2.75, 3.05) is 11.9 Å². The summed E-state index contributed by atoms with van der Waals surface area (Å²) in [4.78, 5) is 12.9. The van der Waals surface area contributed by atoms with E-state index in [2.05, 4.69) is 15.5 Å². The average Bonchev–Trinajstić information content (AvgIpc) is 3.11. The molecule has 0 unspecified atom stereocenters. The number of aromatic nitrogens is 5. The van der Waals surface area contributed by atoms with Gasteiger partial charge in [-0.1, -0.05) is 6.07 Å². The Kier molecular flexibility index (Phi) is 4.82. The number of carbonyl (C=O) groups excluding carboxylic acids is 1. The third kappa shape index (κ3) is 3.43. The zero-order valence-electron chi connectivity index (χ0n) is 16.7. The second-order valence-corrected chi connectivity index (χ2v) is 6.88. The molecule has 0 aliphatic heterocycles. The fraction of sp³-hybridized carbons (Fsp3) is 0.250. The number of carbonyl (C=O) groups is 1. The number of aryl methyl sites for hydroxylation is 1. The Hall–Kier alpha value is -3.95. The first-order valence-corrected chi connectivity index (χ1v) is 9.41. The number of nitrogens with one attached hydrogen (secondary N) is 1. The van der Waals surface area contributed by atoms with E-state index in [9.17, 15) is 15.2 Å². The average molecular weight is 408 g/mol. The van der Waals surface area contributed by atoms with E-state index in [0.717, 1.165) is 10.3 Å². The molecule has 2 aromatic carbocycles. The number of rotatable bonds is 5. The first kappa shape index (κ1) is 19.4. The summed E-state index contributed by atoms with van der Waals surface area (Å²) < 4.78 is 6.36. The summed E-state index contributed by atoms with van der Waals surface area (Å²) in [5.74, 6) is -0.299. The number of benzene rings is 2. The van der Waals surface area contributed by atoms with Gasteiger partial charge in [0.05, 0.1) is 6.61 Å². The van der Waals surface area contributed by atoms with Crippen molar-refractivity contribution < 1.29 is 19.0 Å². The lowest BCUT2D eigenvalue weighted by Gasteiger charge is -2.14. The van der Waals surface area contributed by atoms with Gasteiger partial charge < -0.3 is 15.2 Å². The normalized spacial score (nSPS) is 11.2. The molecule has 0 saturated carbocycles. The van der Waals surface area contributed by atoms with E-state index in [1.807, 2.05) is 6.92 Å². The van der Waals surface area contributed by atoms with Gasteiger partial charge in [0, 0.05) is 19.1 Å². The molecule has 0 amide bonds. The maximum atomic E-state index is 12.9. The van der Waals surface area contributed by atoms with Crippen LogP contribution in [-0.2, 0) is 16.1 Å². The molecule has 0 aliphatic carbocycles. The standard InChI is InChI=1S/C20H20N6O4/c1-4-30-19(27)11-24-22-15-7-6-14(10-16(15)23-24)21-20-13(3)25(28)17-8-5-12(2)9-18(17)26(20)29/h5-10,21H,4,11H2,1-3H3. The van der Waals surface area contributed by atoms with Gasteiger partial charge in [0.25, 0.3) is 11.2 Å². The van der Waals surface area contributed by atoms with Crippen molar-refractivity contribution in [1.29, 1.82) is 0 Å². The van der Waals surface area contributed by atoms with Crippen LogP contribution >= 0.6 is 0 Å². The van der Waals surface area contributed by atoms with Crippen molar-refractivity contribution in [1.82, 2.24) is 15.0 Å². The van der Waals surface area contributed by atoms with E-state index in [4.69, 9.17) is 4.74 Å². The molecule has 2 aromatic heterocycles. The molecule has 4 aromatic rings. The maximum absolute atomic E-state index is 12.9. The minimum absolute atomic E-state index is 0.0921. The minimum Gasteiger partial charge on any atom is -0.710 e. The Morgan fingerprint density at radius 2 is 1.83 bits per heavy atom. The first-order chi connectivity index (χ1) is 14.4. The van der Waals surface area contributed by atoms with E-state index < -0.39 is 5.97 Å². The van der Waals surface area contributed by atoms with Gasteiger partial charge >= 0.3 is 11.8 Å². The van der Waals surface area contributed by atoms with Crippen molar-refractivity contribution in [2.24, 2.45) is 0 Å². The van der Waals surface area contributed by atoms with Gasteiger partial charge in [-0.3, -0.25) is 0 Å². The summed E-state index contributed by atoms with van der Waals surface area (Å²) in [5, 5.41) is 37.1. The molecule has 0 atom stereocenters. The third-order valence-corrected chi connectivity index (χ3v) is 4.68. The molecule has 1 N–H and O–H groups in total. The summed E-state index contributed by atoms with van der Waals surface area (Å²) in [6, 6.07) is 10.2. The van der Waals surface area contributed by atoms with Crippen LogP contribution in [0.3, 0.4) is 0 Å². The molecule has 0 radical (unpaired) electrons. The summed E-state index contributed by atoms with van der Waals surface area (Å²) in [7, 11) is 0. The molecule has 30 heavy (non-hydrogen) atoms. The number of hydrogen-bond acceptors (Lipinski definition) is 7. The molecule has 0 bridgehead atoms. The van der Waals surface area contributed by atoms with Gasteiger partial charge in [-0.15, -0.1) is 0 Å². The largest absolute Gasteiger partial charge is 0.710 e. The second-order valence-electron chi connectivity index (χ2n) is 6.88. The lowest BCUT2D eigenvalue weighted by atomic mass is 10.2. The van der Waals surface area contributed by atoms with Gasteiger partial charge in [-0.05, 0) is 37.6 Å². The number of hydrogen-bond donors (Lipinski definition) is 1. The predicted octanol–water partition coefficient (Wildman–Crippen LogP) is 1.77. The van der Waals surface area contributed by atoms with Crippen LogP contribution in [-0.4, -0.2) is 27.6 Å². The molecule has 4 rings (SSSR count). The van der Waals surface area contributed by atoms with Crippen molar-refractivity contribution in [2.45, 2.75) is 27.3 Å². The highest BCUT2D eigenvalue weighted by molar-refractivity contribution is 5.80. The lowest BCUT2D eigenvalue weighted by molar-refractivity contribution is -0.623. The SMILES string of the molecule is CCOC(=O)Cn1nc2ccc(Nc3c(C)[n+]([O-])c4ccc(C)cc4[n+]3[O-])cc2n1. The number of nitrogens with zero attached hydrogens (tertiary/aromatic N) is 5. The van der Waals surface area contributed by atoms with E-state index in [0.29, 0.717) is 27.0 Å². The topological polar surface area (TPSA) is 123 Å². The van der Waals surface area contributed by atoms with Crippen molar-refractivity contribution in [3.63, 3.8) is 0 Å². The molecule has 0 spiro atoms. The van der Waals surface area contributed by atoms with Gasteiger partial charge in [-0.25, -0.2) is 14.8 Å². The van der Waals surface area contributed by atoms with Crippen LogP contribution in [0.25, 0.3) is 22.1 Å². The van der Waals surface area contributed by atoms with E-state index in [1.165, 1.54) is 4.80 Å². The van der Waals surface area contributed by atoms with Crippen molar-refractivity contribution in [3.05, 3.63) is 58.1 Å². The predicted molar refractivity (Wildman–Crippen MR) is 109 cm³/mol. The molecule has 0 fully saturated rings. The van der Waals surface area contributed by atoms with Crippen LogP contribution in [0.1, 0.15) is 18.2 Å². The third-order valence-electron chi connectivity index (χ3n) is 4.68. The van der Waals surface area contributed by atoms with Crippen LogP contribution in [0, 0.1) is 24.3 Å². The van der Waals surface area contributed by atoms with E-state index >= 15 is 0 Å². The minimum atomic E-state index is -0.425. The second kappa shape index (κ2) is 7.47. The number of fused-ring (bicyclic) bond motifs is 2. The lowest BCUT2D eigenvalue weighted by Crippen LogP contribution is -2.43. The first-order valence-electron chi connectivity index (χ1n) is 9.41. The highest BCUT2D eigenvalue weighted by Gasteiger charge is 2.24. The molecule has 0 aliphatic rings. The Labute approximate surface area is 171 Å². The summed E-state index contributed by atoms with van der Waals surface area (Å²) in [5.41, 5.74) is 3.38. The molecule has 10 heteroatoms. The number of anilines is 2. The van der Waals surface area contributed by atoms with Crippen molar-refractivity contribution >= 4 is 39.5 Å². The van der Waals surface area contributed by atoms with Crippen LogP contribution in [0.5, 0.6) is 0 Å². The summed E-state index contributed by atoms with van der Waals surface area (Å²) in [6.07, 6.45) is 0. The fourth-order valence-corrected chi connectivity index (χ4v) is 3.22. The Morgan fingerprint density at radius 3 is 2.60 bits per heavy atom. The van der Waals surface area contributed by atoms with Gasteiger partial charge in [0.1, 0.15) is 16.7 Å². The molecule has 0 saturated heterocycles. The zero-order valence-corrected chi connectivity index (χ0v) is 16.7. The van der Waals surface area contributed by atoms with Crippen LogP contribution in [0.4, 0.5) is 11.5 Å². The molecular formula is C20H20N6O4. The van der Waals surface area contributed by atoms with Crippen LogP contribution in [0.2, 0.25) is 0 Å². The highest BCUT2D eigenvalue weighted by Crippen LogP contribution is 2.21. The number of esters is 1.